The molecule has 0 bridgehead atoms. The number of carbonyl (C=O) groups is 1. The van der Waals surface area contributed by atoms with Crippen molar-refractivity contribution in [3.05, 3.63) is 47.8 Å². The smallest absolute Gasteiger partial charge is 0.228 e. The largest absolute Gasteiger partial charge is 0.323 e. The van der Waals surface area contributed by atoms with E-state index in [4.69, 9.17) is 0 Å². The van der Waals surface area contributed by atoms with Crippen LogP contribution in [0.2, 0.25) is 0 Å². The lowest BCUT2D eigenvalue weighted by Gasteiger charge is -2.18. The van der Waals surface area contributed by atoms with Crippen LogP contribution in [0.4, 0.5) is 5.69 Å². The maximum atomic E-state index is 12.0. The number of anilines is 1. The number of carbonyl (C=O) groups excluding carboxylic acids is 1. The average Bonchev–Trinajstić information content (AvgIpc) is 2.80. The Labute approximate surface area is 119 Å². The molecule has 0 aliphatic rings. The highest BCUT2D eigenvalue weighted by molar-refractivity contribution is 5.92. The molecule has 106 valence electrons. The molecule has 0 saturated heterocycles. The summed E-state index contributed by atoms with van der Waals surface area (Å²) in [5, 5.41) is 7.15. The Bertz CT molecular complexity index is 608. The topological polar surface area (TPSA) is 46.9 Å². The maximum Gasteiger partial charge on any atom is 0.228 e. The third-order valence-electron chi connectivity index (χ3n) is 3.17. The lowest BCUT2D eigenvalue weighted by Crippen LogP contribution is -2.22. The number of amides is 1. The molecule has 1 aromatic heterocycles. The van der Waals surface area contributed by atoms with Crippen molar-refractivity contribution in [2.75, 3.05) is 5.32 Å². The van der Waals surface area contributed by atoms with Gasteiger partial charge >= 0.3 is 0 Å². The van der Waals surface area contributed by atoms with E-state index in [1.54, 1.807) is 6.20 Å². The highest BCUT2D eigenvalue weighted by Gasteiger charge is 2.15. The molecule has 0 aliphatic heterocycles. The predicted octanol–water partition coefficient (Wildman–Crippen LogP) is 3.13. The van der Waals surface area contributed by atoms with Gasteiger partial charge in [-0.1, -0.05) is 24.3 Å². The number of aryl methyl sites for hydroxylation is 1. The number of rotatable bonds is 3. The number of benzene rings is 1. The zero-order valence-electron chi connectivity index (χ0n) is 12.5. The molecule has 1 heterocycles. The van der Waals surface area contributed by atoms with Crippen molar-refractivity contribution < 1.29 is 4.79 Å². The fraction of sp³-hybridized carbons (Fsp3) is 0.375. The summed E-state index contributed by atoms with van der Waals surface area (Å²) in [4.78, 5) is 12.0. The van der Waals surface area contributed by atoms with Gasteiger partial charge in [-0.3, -0.25) is 9.48 Å². The van der Waals surface area contributed by atoms with Crippen LogP contribution in [0.1, 0.15) is 31.9 Å². The van der Waals surface area contributed by atoms with Gasteiger partial charge in [-0.2, -0.15) is 5.10 Å². The highest BCUT2D eigenvalue weighted by atomic mass is 16.1. The molecule has 0 aliphatic carbocycles. The van der Waals surface area contributed by atoms with Crippen molar-refractivity contribution in [1.82, 2.24) is 9.78 Å². The van der Waals surface area contributed by atoms with Crippen LogP contribution < -0.4 is 5.32 Å². The lowest BCUT2D eigenvalue weighted by molar-refractivity contribution is -0.115. The molecule has 4 nitrogen and oxygen atoms in total. The summed E-state index contributed by atoms with van der Waals surface area (Å²) in [5.74, 6) is -0.0206. The summed E-state index contributed by atoms with van der Waals surface area (Å²) in [5.41, 5.74) is 2.83. The predicted molar refractivity (Wildman–Crippen MR) is 80.7 cm³/mol. The number of hydrogen-bond acceptors (Lipinski definition) is 2. The quantitative estimate of drug-likeness (QED) is 0.932. The van der Waals surface area contributed by atoms with Gasteiger partial charge in [0.15, 0.2) is 0 Å². The van der Waals surface area contributed by atoms with E-state index < -0.39 is 0 Å². The van der Waals surface area contributed by atoms with Gasteiger partial charge in [0.1, 0.15) is 0 Å². The van der Waals surface area contributed by atoms with Gasteiger partial charge in [0.05, 0.1) is 23.8 Å². The molecule has 2 aromatic rings. The fourth-order valence-corrected chi connectivity index (χ4v) is 1.94. The molecule has 0 saturated carbocycles. The average molecular weight is 271 g/mol. The first-order valence-electron chi connectivity index (χ1n) is 6.76. The van der Waals surface area contributed by atoms with E-state index >= 15 is 0 Å². The van der Waals surface area contributed by atoms with Crippen molar-refractivity contribution in [2.45, 2.75) is 39.7 Å². The normalized spacial score (nSPS) is 11.4. The van der Waals surface area contributed by atoms with Crippen LogP contribution in [0.3, 0.4) is 0 Å². The number of hydrogen-bond donors (Lipinski definition) is 1. The molecule has 0 spiro atoms. The van der Waals surface area contributed by atoms with Crippen LogP contribution in [-0.2, 0) is 16.8 Å². The maximum absolute atomic E-state index is 12.0. The SMILES string of the molecule is Cc1ccccc1CC(=O)Nc1cnn(C(C)(C)C)c1. The number of nitrogens with one attached hydrogen (secondary N) is 1. The first-order valence-corrected chi connectivity index (χ1v) is 6.76. The van der Waals surface area contributed by atoms with E-state index in [0.29, 0.717) is 6.42 Å². The monoisotopic (exact) mass is 271 g/mol. The Balaban J connectivity index is 2.02. The van der Waals surface area contributed by atoms with Crippen LogP contribution in [0.25, 0.3) is 0 Å². The van der Waals surface area contributed by atoms with E-state index in [1.165, 1.54) is 0 Å². The van der Waals surface area contributed by atoms with Gasteiger partial charge < -0.3 is 5.32 Å². The molecular weight excluding hydrogens is 250 g/mol. The van der Waals surface area contributed by atoms with Crippen molar-refractivity contribution in [3.63, 3.8) is 0 Å². The van der Waals surface area contributed by atoms with Crippen molar-refractivity contribution >= 4 is 11.6 Å². The van der Waals surface area contributed by atoms with Crippen molar-refractivity contribution in [1.29, 1.82) is 0 Å². The van der Waals surface area contributed by atoms with E-state index in [-0.39, 0.29) is 11.4 Å². The minimum absolute atomic E-state index is 0.0206. The van der Waals surface area contributed by atoms with Gasteiger partial charge in [-0.05, 0) is 38.8 Å². The van der Waals surface area contributed by atoms with E-state index in [1.807, 2.05) is 42.1 Å². The van der Waals surface area contributed by atoms with Crippen LogP contribution in [0.15, 0.2) is 36.7 Å². The first-order chi connectivity index (χ1) is 9.36. The molecule has 0 atom stereocenters. The Morgan fingerprint density at radius 3 is 2.60 bits per heavy atom. The summed E-state index contributed by atoms with van der Waals surface area (Å²) < 4.78 is 1.84. The molecule has 4 heteroatoms. The Morgan fingerprint density at radius 1 is 1.30 bits per heavy atom. The van der Waals surface area contributed by atoms with Gasteiger partial charge in [-0.15, -0.1) is 0 Å². The third kappa shape index (κ3) is 3.47. The van der Waals surface area contributed by atoms with Crippen molar-refractivity contribution in [3.8, 4) is 0 Å². The van der Waals surface area contributed by atoms with E-state index in [2.05, 4.69) is 31.2 Å². The van der Waals surface area contributed by atoms with Crippen LogP contribution in [-0.4, -0.2) is 15.7 Å². The Morgan fingerprint density at radius 2 is 2.00 bits per heavy atom. The van der Waals surface area contributed by atoms with E-state index in [9.17, 15) is 4.79 Å². The lowest BCUT2D eigenvalue weighted by atomic mass is 10.1. The van der Waals surface area contributed by atoms with E-state index in [0.717, 1.165) is 16.8 Å². The van der Waals surface area contributed by atoms with Crippen LogP contribution in [0.5, 0.6) is 0 Å². The second-order valence-electron chi connectivity index (χ2n) is 6.00. The van der Waals surface area contributed by atoms with Gasteiger partial charge in [0.25, 0.3) is 0 Å². The zero-order valence-corrected chi connectivity index (χ0v) is 12.5. The number of aromatic nitrogens is 2. The standard InChI is InChI=1S/C16H21N3O/c1-12-7-5-6-8-13(12)9-15(20)18-14-10-17-19(11-14)16(2,3)4/h5-8,10-11H,9H2,1-4H3,(H,18,20). The molecule has 0 fully saturated rings. The second kappa shape index (κ2) is 5.49. The molecule has 0 unspecified atom stereocenters. The summed E-state index contributed by atoms with van der Waals surface area (Å²) in [7, 11) is 0. The fourth-order valence-electron chi connectivity index (χ4n) is 1.94. The minimum Gasteiger partial charge on any atom is -0.323 e. The van der Waals surface area contributed by atoms with Gasteiger partial charge in [-0.25, -0.2) is 0 Å². The summed E-state index contributed by atoms with van der Waals surface area (Å²) in [6.45, 7) is 8.22. The molecule has 1 aromatic carbocycles. The van der Waals surface area contributed by atoms with Gasteiger partial charge in [0.2, 0.25) is 5.91 Å². The molecule has 20 heavy (non-hydrogen) atoms. The zero-order chi connectivity index (χ0) is 14.8. The third-order valence-corrected chi connectivity index (χ3v) is 3.17. The molecular formula is C16H21N3O. The highest BCUT2D eigenvalue weighted by Crippen LogP contribution is 2.16. The second-order valence-corrected chi connectivity index (χ2v) is 6.00. The summed E-state index contributed by atoms with van der Waals surface area (Å²) >= 11 is 0. The first kappa shape index (κ1) is 14.3. The molecule has 1 amide bonds. The Hall–Kier alpha value is -2.10. The number of nitrogens with zero attached hydrogens (tertiary/aromatic N) is 2. The van der Waals surface area contributed by atoms with Crippen LogP contribution in [0, 0.1) is 6.92 Å². The summed E-state index contributed by atoms with van der Waals surface area (Å²) in [6, 6.07) is 7.92. The molecule has 2 rings (SSSR count). The molecule has 1 N–H and O–H groups in total. The van der Waals surface area contributed by atoms with Gasteiger partial charge in [0, 0.05) is 6.20 Å². The Kier molecular flexibility index (Phi) is 3.93. The summed E-state index contributed by atoms with van der Waals surface area (Å²) in [6.07, 6.45) is 3.92. The minimum atomic E-state index is -0.0843. The molecule has 0 radical (unpaired) electrons. The van der Waals surface area contributed by atoms with Crippen molar-refractivity contribution in [2.24, 2.45) is 0 Å². The van der Waals surface area contributed by atoms with Crippen LogP contribution >= 0.6 is 0 Å².